The molecule has 8 aromatic carbocycles. The zero-order valence-corrected chi connectivity index (χ0v) is 31.7. The van der Waals surface area contributed by atoms with Gasteiger partial charge in [-0.25, -0.2) is 15.0 Å². The van der Waals surface area contributed by atoms with Crippen LogP contribution in [0.2, 0.25) is 0 Å². The maximum absolute atomic E-state index is 6.54. The number of nitrogens with zero attached hydrogens (tertiary/aromatic N) is 3. The van der Waals surface area contributed by atoms with Crippen molar-refractivity contribution in [2.45, 2.75) is 0 Å². The second-order valence-corrected chi connectivity index (χ2v) is 18.2. The Bertz CT molecular complexity index is 3140. The van der Waals surface area contributed by atoms with Crippen molar-refractivity contribution in [2.24, 2.45) is 0 Å². The smallest absolute Gasteiger partial charge is 0.179 e. The van der Waals surface area contributed by atoms with Crippen LogP contribution in [0, 0.1) is 0 Å². The standard InChI is InChI=1S/C51H33N3O2Si/c1-5-15-34(16-6-1)49-52-50(35-25-28-46-42(31-35)41-23-13-14-24-45(41)55-46)54-51(53-49)36-26-29-47-43(32-36)44-33-40(27-30-48(44)56-47)57(37-17-7-2-8-18-37,38-19-9-3-10-20-38)39-21-11-4-12-22-39/h1-33H. The Labute approximate surface area is 329 Å². The number of rotatable bonds is 7. The van der Waals surface area contributed by atoms with Crippen molar-refractivity contribution < 1.29 is 8.83 Å². The quantitative estimate of drug-likeness (QED) is 0.120. The average molecular weight is 748 g/mol. The largest absolute Gasteiger partial charge is 0.456 e. The van der Waals surface area contributed by atoms with E-state index in [0.29, 0.717) is 17.5 Å². The van der Waals surface area contributed by atoms with E-state index >= 15 is 0 Å². The topological polar surface area (TPSA) is 65.0 Å². The van der Waals surface area contributed by atoms with Crippen LogP contribution in [0.3, 0.4) is 0 Å². The molecular formula is C51H33N3O2Si. The number of benzene rings is 8. The lowest BCUT2D eigenvalue weighted by Gasteiger charge is -2.34. The Morgan fingerprint density at radius 3 is 1.19 bits per heavy atom. The van der Waals surface area contributed by atoms with Crippen LogP contribution < -0.4 is 20.7 Å². The molecule has 0 amide bonds. The van der Waals surface area contributed by atoms with Gasteiger partial charge in [-0.1, -0.05) is 152 Å². The second-order valence-electron chi connectivity index (χ2n) is 14.4. The Morgan fingerprint density at radius 1 is 0.281 bits per heavy atom. The molecule has 3 aromatic heterocycles. The summed E-state index contributed by atoms with van der Waals surface area (Å²) in [6.45, 7) is 0. The van der Waals surface area contributed by atoms with Crippen LogP contribution in [0.15, 0.2) is 209 Å². The first-order chi connectivity index (χ1) is 28.2. The van der Waals surface area contributed by atoms with Gasteiger partial charge < -0.3 is 8.83 Å². The molecule has 0 bridgehead atoms. The van der Waals surface area contributed by atoms with Gasteiger partial charge >= 0.3 is 0 Å². The molecule has 0 N–H and O–H groups in total. The normalized spacial score (nSPS) is 11.9. The lowest BCUT2D eigenvalue weighted by molar-refractivity contribution is 0.668. The van der Waals surface area contributed by atoms with Crippen LogP contribution in [-0.4, -0.2) is 23.0 Å². The fourth-order valence-corrected chi connectivity index (χ4v) is 13.2. The first-order valence-electron chi connectivity index (χ1n) is 19.1. The summed E-state index contributed by atoms with van der Waals surface area (Å²) in [7, 11) is -2.76. The molecule has 0 saturated carbocycles. The minimum absolute atomic E-state index is 0.588. The molecule has 5 nitrogen and oxygen atoms in total. The Hall–Kier alpha value is -7.41. The highest BCUT2D eigenvalue weighted by molar-refractivity contribution is 7.20. The zero-order valence-electron chi connectivity index (χ0n) is 30.7. The predicted molar refractivity (Wildman–Crippen MR) is 234 cm³/mol. The summed E-state index contributed by atoms with van der Waals surface area (Å²) in [5, 5.41) is 9.39. The van der Waals surface area contributed by atoms with Crippen molar-refractivity contribution in [3.05, 3.63) is 200 Å². The Morgan fingerprint density at radius 2 is 0.667 bits per heavy atom. The number of hydrogen-bond donors (Lipinski definition) is 0. The summed E-state index contributed by atoms with van der Waals surface area (Å²) in [6.07, 6.45) is 0. The van der Waals surface area contributed by atoms with Crippen molar-refractivity contribution in [3.63, 3.8) is 0 Å². The van der Waals surface area contributed by atoms with Crippen LogP contribution >= 0.6 is 0 Å². The minimum atomic E-state index is -2.76. The van der Waals surface area contributed by atoms with Gasteiger partial charge in [0.15, 0.2) is 25.5 Å². The van der Waals surface area contributed by atoms with E-state index in [9.17, 15) is 0 Å². The van der Waals surface area contributed by atoms with Gasteiger partial charge in [-0.2, -0.15) is 0 Å². The third kappa shape index (κ3) is 5.49. The molecule has 11 aromatic rings. The maximum Gasteiger partial charge on any atom is 0.179 e. The van der Waals surface area contributed by atoms with Gasteiger partial charge in [0.1, 0.15) is 22.3 Å². The molecule has 11 rings (SSSR count). The van der Waals surface area contributed by atoms with E-state index in [0.717, 1.165) is 60.6 Å². The van der Waals surface area contributed by atoms with Crippen molar-refractivity contribution in [2.75, 3.05) is 0 Å². The molecule has 0 atom stereocenters. The van der Waals surface area contributed by atoms with E-state index < -0.39 is 8.07 Å². The third-order valence-electron chi connectivity index (χ3n) is 11.1. The summed E-state index contributed by atoms with van der Waals surface area (Å²) in [5.74, 6) is 1.79. The molecule has 0 aliphatic heterocycles. The van der Waals surface area contributed by atoms with Gasteiger partial charge in [0, 0.05) is 38.2 Å². The zero-order chi connectivity index (χ0) is 37.8. The number of aromatic nitrogens is 3. The van der Waals surface area contributed by atoms with Crippen molar-refractivity contribution in [3.8, 4) is 34.2 Å². The first-order valence-corrected chi connectivity index (χ1v) is 21.1. The molecule has 3 heterocycles. The predicted octanol–water partition coefficient (Wildman–Crippen LogP) is 10.0. The molecule has 6 heteroatoms. The first kappa shape index (κ1) is 33.0. The van der Waals surface area contributed by atoms with Gasteiger partial charge in [0.05, 0.1) is 0 Å². The summed E-state index contributed by atoms with van der Waals surface area (Å²) in [4.78, 5) is 15.3. The molecule has 0 spiro atoms. The number of fused-ring (bicyclic) bond motifs is 6. The van der Waals surface area contributed by atoms with E-state index in [1.165, 1.54) is 20.7 Å². The summed E-state index contributed by atoms with van der Waals surface area (Å²) in [6, 6.07) is 70.3. The fraction of sp³-hybridized carbons (Fsp3) is 0. The maximum atomic E-state index is 6.54. The van der Waals surface area contributed by atoms with Gasteiger partial charge in [-0.3, -0.25) is 0 Å². The summed E-state index contributed by atoms with van der Waals surface area (Å²) >= 11 is 0. The van der Waals surface area contributed by atoms with Crippen LogP contribution in [0.1, 0.15) is 0 Å². The molecular weight excluding hydrogens is 715 g/mol. The molecule has 0 saturated heterocycles. The Kier molecular flexibility index (Phi) is 7.76. The molecule has 0 fully saturated rings. The third-order valence-corrected chi connectivity index (χ3v) is 15.9. The average Bonchev–Trinajstić information content (AvgIpc) is 3.85. The van der Waals surface area contributed by atoms with Gasteiger partial charge in [-0.05, 0) is 69.3 Å². The molecule has 268 valence electrons. The SMILES string of the molecule is c1ccc(-c2nc(-c3ccc4oc5ccccc5c4c3)nc(-c3ccc4oc5ccc([Si](c6ccccc6)(c6ccccc6)c6ccccc6)cc5c4c3)n2)cc1. The highest BCUT2D eigenvalue weighted by Gasteiger charge is 2.41. The highest BCUT2D eigenvalue weighted by Crippen LogP contribution is 2.35. The summed E-state index contributed by atoms with van der Waals surface area (Å²) < 4.78 is 12.7. The van der Waals surface area contributed by atoms with Crippen molar-refractivity contribution >= 4 is 72.7 Å². The molecule has 0 unspecified atom stereocenters. The second kappa shape index (κ2) is 13.4. The van der Waals surface area contributed by atoms with Gasteiger partial charge in [0.2, 0.25) is 0 Å². The molecule has 0 aliphatic carbocycles. The van der Waals surface area contributed by atoms with Crippen molar-refractivity contribution in [1.29, 1.82) is 0 Å². The summed E-state index contributed by atoms with van der Waals surface area (Å²) in [5.41, 5.74) is 6.01. The van der Waals surface area contributed by atoms with Gasteiger partial charge in [-0.15, -0.1) is 0 Å². The van der Waals surface area contributed by atoms with Crippen LogP contribution in [0.25, 0.3) is 78.0 Å². The van der Waals surface area contributed by atoms with Crippen LogP contribution in [0.4, 0.5) is 0 Å². The van der Waals surface area contributed by atoms with E-state index in [4.69, 9.17) is 23.8 Å². The fourth-order valence-electron chi connectivity index (χ4n) is 8.43. The van der Waals surface area contributed by atoms with Gasteiger partial charge in [0.25, 0.3) is 0 Å². The lowest BCUT2D eigenvalue weighted by atomic mass is 10.1. The van der Waals surface area contributed by atoms with E-state index in [-0.39, 0.29) is 0 Å². The van der Waals surface area contributed by atoms with Crippen LogP contribution in [0.5, 0.6) is 0 Å². The van der Waals surface area contributed by atoms with E-state index in [1.807, 2.05) is 72.8 Å². The monoisotopic (exact) mass is 747 g/mol. The van der Waals surface area contributed by atoms with Crippen LogP contribution in [-0.2, 0) is 0 Å². The lowest BCUT2D eigenvalue weighted by Crippen LogP contribution is -2.74. The van der Waals surface area contributed by atoms with E-state index in [2.05, 4.69) is 127 Å². The number of hydrogen-bond acceptors (Lipinski definition) is 5. The molecule has 57 heavy (non-hydrogen) atoms. The molecule has 0 aliphatic rings. The Balaban J connectivity index is 1.11. The van der Waals surface area contributed by atoms with Crippen molar-refractivity contribution in [1.82, 2.24) is 15.0 Å². The number of para-hydroxylation sites is 1. The highest BCUT2D eigenvalue weighted by atomic mass is 28.3. The number of furan rings is 2. The minimum Gasteiger partial charge on any atom is -0.456 e. The molecule has 0 radical (unpaired) electrons. The van der Waals surface area contributed by atoms with E-state index in [1.54, 1.807) is 0 Å².